The fraction of sp³-hybridized carbons (Fsp3) is 0.224. The third-order valence-electron chi connectivity index (χ3n) is 11.5. The van der Waals surface area contributed by atoms with Crippen LogP contribution in [-0.4, -0.2) is 9.97 Å². The second kappa shape index (κ2) is 12.5. The molecule has 250 valence electrons. The van der Waals surface area contributed by atoms with Gasteiger partial charge in [0, 0.05) is 24.2 Å². The summed E-state index contributed by atoms with van der Waals surface area (Å²) in [7, 11) is 0. The van der Waals surface area contributed by atoms with Crippen LogP contribution in [0.5, 0.6) is 0 Å². The largest absolute Gasteiger partial charge is 0.265 e. The molecule has 4 aromatic carbocycles. The zero-order valence-corrected chi connectivity index (χ0v) is 30.1. The van der Waals surface area contributed by atoms with Crippen LogP contribution in [0.4, 0.5) is 0 Å². The highest BCUT2D eigenvalue weighted by molar-refractivity contribution is 5.94. The molecule has 6 aromatic rings. The predicted molar refractivity (Wildman–Crippen MR) is 214 cm³/mol. The van der Waals surface area contributed by atoms with Gasteiger partial charge < -0.3 is 0 Å². The lowest BCUT2D eigenvalue weighted by atomic mass is 9.67. The van der Waals surface area contributed by atoms with Crippen molar-refractivity contribution in [3.8, 4) is 44.6 Å². The highest BCUT2D eigenvalue weighted by atomic mass is 14.7. The van der Waals surface area contributed by atoms with Gasteiger partial charge in [0.25, 0.3) is 0 Å². The Kier molecular flexibility index (Phi) is 7.73. The normalized spacial score (nSPS) is 16.3. The summed E-state index contributed by atoms with van der Waals surface area (Å²) >= 11 is 0. The molecule has 51 heavy (non-hydrogen) atoms. The topological polar surface area (TPSA) is 25.8 Å². The SMILES string of the molecule is CC1Cc2c(-c3ccc(-c4ccccn4)cc3)cc(-c3ccc(C4=CC=C(c5ccncc5)CC4)cc3)c3c2-c2c(cc(C(C)(C)C)cc21)CC3. The van der Waals surface area contributed by atoms with Gasteiger partial charge in [-0.15, -0.1) is 0 Å². The maximum absolute atomic E-state index is 4.61. The Morgan fingerprint density at radius 1 is 0.569 bits per heavy atom. The molecule has 9 rings (SSSR count). The molecular weight excluding hydrogens is 617 g/mol. The summed E-state index contributed by atoms with van der Waals surface area (Å²) < 4.78 is 0. The molecule has 0 spiro atoms. The second-order valence-corrected chi connectivity index (χ2v) is 15.7. The van der Waals surface area contributed by atoms with Gasteiger partial charge in [0.2, 0.25) is 0 Å². The van der Waals surface area contributed by atoms with Crippen LogP contribution in [0.25, 0.3) is 55.8 Å². The summed E-state index contributed by atoms with van der Waals surface area (Å²) in [5.74, 6) is 0.466. The first-order valence-electron chi connectivity index (χ1n) is 18.6. The third-order valence-corrected chi connectivity index (χ3v) is 11.5. The molecule has 0 saturated carbocycles. The van der Waals surface area contributed by atoms with Crippen molar-refractivity contribution in [2.24, 2.45) is 0 Å². The zero-order valence-electron chi connectivity index (χ0n) is 30.1. The van der Waals surface area contributed by atoms with E-state index in [0.29, 0.717) is 5.92 Å². The first-order chi connectivity index (χ1) is 24.8. The lowest BCUT2D eigenvalue weighted by Crippen LogP contribution is -2.21. The maximum Gasteiger partial charge on any atom is 0.0701 e. The van der Waals surface area contributed by atoms with Crippen LogP contribution in [-0.2, 0) is 24.7 Å². The van der Waals surface area contributed by atoms with Crippen LogP contribution in [0.2, 0.25) is 0 Å². The van der Waals surface area contributed by atoms with Crippen molar-refractivity contribution in [1.82, 2.24) is 9.97 Å². The van der Waals surface area contributed by atoms with Crippen molar-refractivity contribution in [3.05, 3.63) is 167 Å². The monoisotopic (exact) mass is 660 g/mol. The minimum atomic E-state index is 0.125. The highest BCUT2D eigenvalue weighted by Gasteiger charge is 2.34. The molecule has 2 heterocycles. The summed E-state index contributed by atoms with van der Waals surface area (Å²) in [6, 6.07) is 36.5. The lowest BCUT2D eigenvalue weighted by Gasteiger charge is -2.37. The van der Waals surface area contributed by atoms with E-state index in [4.69, 9.17) is 0 Å². The third kappa shape index (κ3) is 5.68. The van der Waals surface area contributed by atoms with Crippen molar-refractivity contribution in [3.63, 3.8) is 0 Å². The maximum atomic E-state index is 4.61. The summed E-state index contributed by atoms with van der Waals surface area (Å²) in [4.78, 5) is 8.81. The van der Waals surface area contributed by atoms with E-state index < -0.39 is 0 Å². The van der Waals surface area contributed by atoms with E-state index in [2.05, 4.69) is 141 Å². The number of aryl methyl sites for hydroxylation is 1. The number of nitrogens with zero attached hydrogens (tertiary/aromatic N) is 2. The fourth-order valence-corrected chi connectivity index (χ4v) is 8.69. The molecule has 3 aliphatic carbocycles. The van der Waals surface area contributed by atoms with Crippen molar-refractivity contribution >= 4 is 11.1 Å². The van der Waals surface area contributed by atoms with Gasteiger partial charge in [0.05, 0.1) is 5.69 Å². The van der Waals surface area contributed by atoms with Gasteiger partial charge in [-0.05, 0) is 157 Å². The van der Waals surface area contributed by atoms with Crippen LogP contribution < -0.4 is 0 Å². The van der Waals surface area contributed by atoms with Gasteiger partial charge in [-0.25, -0.2) is 0 Å². The van der Waals surface area contributed by atoms with Crippen LogP contribution in [0, 0.1) is 0 Å². The lowest BCUT2D eigenvalue weighted by molar-refractivity contribution is 0.586. The van der Waals surface area contributed by atoms with Crippen molar-refractivity contribution in [2.45, 2.75) is 71.1 Å². The molecule has 1 atom stereocenters. The van der Waals surface area contributed by atoms with Gasteiger partial charge in [0.15, 0.2) is 0 Å². The Bertz CT molecular complexity index is 2340. The number of benzene rings is 4. The molecule has 3 aliphatic rings. The number of aromatic nitrogens is 2. The second-order valence-electron chi connectivity index (χ2n) is 15.7. The minimum absolute atomic E-state index is 0.125. The van der Waals surface area contributed by atoms with E-state index in [1.54, 1.807) is 5.56 Å². The van der Waals surface area contributed by atoms with Crippen LogP contribution in [0.1, 0.15) is 85.4 Å². The smallest absolute Gasteiger partial charge is 0.0701 e. The molecule has 0 fully saturated rings. The average molecular weight is 661 g/mol. The summed E-state index contributed by atoms with van der Waals surface area (Å²) in [6.07, 6.45) is 15.6. The summed E-state index contributed by atoms with van der Waals surface area (Å²) in [5.41, 5.74) is 23.6. The Morgan fingerprint density at radius 2 is 1.20 bits per heavy atom. The molecule has 1 unspecified atom stereocenters. The quantitative estimate of drug-likeness (QED) is 0.184. The van der Waals surface area contributed by atoms with E-state index in [1.807, 2.05) is 24.7 Å². The molecule has 0 radical (unpaired) electrons. The van der Waals surface area contributed by atoms with E-state index >= 15 is 0 Å². The van der Waals surface area contributed by atoms with Crippen molar-refractivity contribution < 1.29 is 0 Å². The average Bonchev–Trinajstić information content (AvgIpc) is 3.17. The van der Waals surface area contributed by atoms with Crippen LogP contribution in [0.3, 0.4) is 0 Å². The van der Waals surface area contributed by atoms with Crippen LogP contribution in [0.15, 0.2) is 128 Å². The standard InChI is InChI=1S/C49H44N2/c1-31-27-45-44(37-16-18-38(19-17-37)46-7-5-6-24-51-46)30-43(41-21-20-39-28-40(49(2,3)4)29-42(31)47(39)48(41)45)36-14-12-33(13-15-36)32-8-10-34(11-9-32)35-22-25-50-26-23-35/h5-8,10,12-19,22-26,28-31H,9,11,20-21,27H2,1-4H3. The summed E-state index contributed by atoms with van der Waals surface area (Å²) in [6.45, 7) is 9.50. The number of allylic oxidation sites excluding steroid dienone is 4. The predicted octanol–water partition coefficient (Wildman–Crippen LogP) is 12.5. The van der Waals surface area contributed by atoms with Crippen LogP contribution >= 0.6 is 0 Å². The number of rotatable bonds is 5. The first kappa shape index (κ1) is 31.6. The number of hydrogen-bond acceptors (Lipinski definition) is 2. The molecule has 0 aliphatic heterocycles. The molecule has 0 saturated heterocycles. The van der Waals surface area contributed by atoms with E-state index in [9.17, 15) is 0 Å². The Morgan fingerprint density at radius 3 is 1.82 bits per heavy atom. The molecular formula is C49H44N2. The van der Waals surface area contributed by atoms with Crippen molar-refractivity contribution in [2.75, 3.05) is 0 Å². The van der Waals surface area contributed by atoms with Gasteiger partial charge in [0.1, 0.15) is 0 Å². The molecule has 0 bridgehead atoms. The Balaban J connectivity index is 1.17. The van der Waals surface area contributed by atoms with Gasteiger partial charge in [-0.1, -0.05) is 107 Å². The first-order valence-corrected chi connectivity index (χ1v) is 18.6. The van der Waals surface area contributed by atoms with Gasteiger partial charge in [-0.2, -0.15) is 0 Å². The van der Waals surface area contributed by atoms with Gasteiger partial charge in [-0.3, -0.25) is 9.97 Å². The molecule has 0 N–H and O–H groups in total. The fourth-order valence-electron chi connectivity index (χ4n) is 8.69. The summed E-state index contributed by atoms with van der Waals surface area (Å²) in [5, 5.41) is 0. The Labute approximate surface area is 302 Å². The molecule has 2 heteroatoms. The molecule has 0 amide bonds. The van der Waals surface area contributed by atoms with E-state index in [1.165, 1.54) is 77.9 Å². The zero-order chi connectivity index (χ0) is 34.7. The minimum Gasteiger partial charge on any atom is -0.265 e. The van der Waals surface area contributed by atoms with E-state index in [0.717, 1.165) is 43.4 Å². The highest BCUT2D eigenvalue weighted by Crippen LogP contribution is 2.53. The van der Waals surface area contributed by atoms with Gasteiger partial charge >= 0.3 is 0 Å². The molecule has 2 aromatic heterocycles. The van der Waals surface area contributed by atoms with Crippen molar-refractivity contribution in [1.29, 1.82) is 0 Å². The van der Waals surface area contributed by atoms with E-state index in [-0.39, 0.29) is 5.41 Å². The molecule has 2 nitrogen and oxygen atoms in total. The Hall–Kier alpha value is -5.34. The number of pyridine rings is 2. The number of hydrogen-bond donors (Lipinski definition) is 0.